The minimum absolute atomic E-state index is 0. The molecule has 0 radical (unpaired) electrons. The SMILES string of the molecule is CC1=[C-]C(C)=C(C)C1.[CH3-].[CH3-].[CH3-].[Zr+4]. The van der Waals surface area contributed by atoms with Crippen molar-refractivity contribution >= 4 is 0 Å². The molecule has 0 heterocycles. The quantitative estimate of drug-likeness (QED) is 0.567. The van der Waals surface area contributed by atoms with E-state index in [0.29, 0.717) is 0 Å². The Balaban J connectivity index is -0.0000000800. The van der Waals surface area contributed by atoms with Crippen molar-refractivity contribution in [1.29, 1.82) is 0 Å². The van der Waals surface area contributed by atoms with Gasteiger partial charge in [0.15, 0.2) is 0 Å². The van der Waals surface area contributed by atoms with Gasteiger partial charge < -0.3 is 22.3 Å². The van der Waals surface area contributed by atoms with E-state index in [1.807, 2.05) is 0 Å². The standard InChI is InChI=1S/C8H11.3CH3.Zr/c1-6-4-7(2)8(3)5-6;;;;/h4H2,1-3H3;3*1H3;/q4*-1;+4. The van der Waals surface area contributed by atoms with Gasteiger partial charge in [0.1, 0.15) is 0 Å². The fourth-order valence-corrected chi connectivity index (χ4v) is 1.00. The van der Waals surface area contributed by atoms with Gasteiger partial charge in [-0.2, -0.15) is 5.57 Å². The van der Waals surface area contributed by atoms with Crippen LogP contribution in [-0.4, -0.2) is 0 Å². The maximum Gasteiger partial charge on any atom is 4.00 e. The van der Waals surface area contributed by atoms with E-state index in [0.717, 1.165) is 6.42 Å². The second-order valence-electron chi connectivity index (χ2n) is 2.49. The summed E-state index contributed by atoms with van der Waals surface area (Å²) in [5.74, 6) is 0. The molecule has 0 bridgehead atoms. The molecule has 0 spiro atoms. The van der Waals surface area contributed by atoms with E-state index in [1.165, 1.54) is 16.7 Å². The molecule has 0 saturated heterocycles. The molecule has 0 aliphatic heterocycles. The first kappa shape index (κ1) is 22.8. The van der Waals surface area contributed by atoms with Crippen LogP contribution in [0.1, 0.15) is 27.2 Å². The molecule has 0 nitrogen and oxygen atoms in total. The zero-order valence-electron chi connectivity index (χ0n) is 9.21. The van der Waals surface area contributed by atoms with Gasteiger partial charge >= 0.3 is 26.2 Å². The van der Waals surface area contributed by atoms with E-state index >= 15 is 0 Å². The van der Waals surface area contributed by atoms with Crippen LogP contribution in [0.3, 0.4) is 0 Å². The Morgan fingerprint density at radius 1 is 1.00 bits per heavy atom. The van der Waals surface area contributed by atoms with Gasteiger partial charge in [0.2, 0.25) is 0 Å². The van der Waals surface area contributed by atoms with Crippen LogP contribution in [0.25, 0.3) is 0 Å². The van der Waals surface area contributed by atoms with E-state index in [2.05, 4.69) is 26.8 Å². The van der Waals surface area contributed by atoms with Gasteiger partial charge in [0.05, 0.1) is 0 Å². The molecule has 1 aliphatic rings. The van der Waals surface area contributed by atoms with E-state index in [4.69, 9.17) is 0 Å². The minimum atomic E-state index is 0. The molecule has 12 heavy (non-hydrogen) atoms. The van der Waals surface area contributed by atoms with Crippen LogP contribution >= 0.6 is 0 Å². The average Bonchev–Trinajstić information content (AvgIpc) is 1.85. The molecule has 0 N–H and O–H groups in total. The molecule has 0 aromatic heterocycles. The third kappa shape index (κ3) is 5.94. The summed E-state index contributed by atoms with van der Waals surface area (Å²) < 4.78 is 0. The molecule has 0 atom stereocenters. The second kappa shape index (κ2) is 9.45. The predicted molar refractivity (Wildman–Crippen MR) is 54.7 cm³/mol. The number of rotatable bonds is 0. The molecule has 0 amide bonds. The third-order valence-electron chi connectivity index (χ3n) is 1.57. The monoisotopic (exact) mass is 242 g/mol. The molecular weight excluding hydrogens is 223 g/mol. The van der Waals surface area contributed by atoms with Gasteiger partial charge in [-0.1, -0.05) is 20.3 Å². The fraction of sp³-hybridized carbons (Fsp3) is 0.364. The third-order valence-corrected chi connectivity index (χ3v) is 1.57. The Kier molecular flexibility index (Phi) is 18.0. The number of allylic oxidation sites excluding steroid dienone is 4. The zero-order chi connectivity index (χ0) is 6.15. The number of hydrogen-bond acceptors (Lipinski definition) is 0. The van der Waals surface area contributed by atoms with Crippen LogP contribution < -0.4 is 0 Å². The maximum atomic E-state index is 3.26. The first-order chi connectivity index (χ1) is 3.70. The Bertz CT molecular complexity index is 164. The van der Waals surface area contributed by atoms with Gasteiger partial charge in [0.25, 0.3) is 0 Å². The van der Waals surface area contributed by atoms with Crippen molar-refractivity contribution in [3.63, 3.8) is 0 Å². The van der Waals surface area contributed by atoms with Crippen LogP contribution in [0.15, 0.2) is 16.7 Å². The summed E-state index contributed by atoms with van der Waals surface area (Å²) in [5.41, 5.74) is 4.19. The van der Waals surface area contributed by atoms with E-state index in [-0.39, 0.29) is 48.5 Å². The Morgan fingerprint density at radius 2 is 1.42 bits per heavy atom. The summed E-state index contributed by atoms with van der Waals surface area (Å²) in [4.78, 5) is 0. The van der Waals surface area contributed by atoms with Gasteiger partial charge in [-0.15, -0.1) is 6.92 Å². The van der Waals surface area contributed by atoms with Crippen molar-refractivity contribution in [1.82, 2.24) is 0 Å². The van der Waals surface area contributed by atoms with E-state index in [9.17, 15) is 0 Å². The molecule has 68 valence electrons. The van der Waals surface area contributed by atoms with Crippen LogP contribution in [0.2, 0.25) is 0 Å². The van der Waals surface area contributed by atoms with Crippen LogP contribution in [0.5, 0.6) is 0 Å². The summed E-state index contributed by atoms with van der Waals surface area (Å²) in [7, 11) is 0. The first-order valence-electron chi connectivity index (χ1n) is 2.96. The van der Waals surface area contributed by atoms with Crippen LogP contribution in [0, 0.1) is 28.4 Å². The van der Waals surface area contributed by atoms with E-state index < -0.39 is 0 Å². The molecule has 0 unspecified atom stereocenters. The number of hydrogen-bond donors (Lipinski definition) is 0. The molecule has 0 aromatic carbocycles. The predicted octanol–water partition coefficient (Wildman–Crippen LogP) is 3.82. The molecule has 1 aliphatic carbocycles. The largest absolute Gasteiger partial charge is 4.00 e. The normalized spacial score (nSPS) is 13.1. The molecule has 0 fully saturated rings. The zero-order valence-corrected chi connectivity index (χ0v) is 11.7. The molecule has 1 rings (SSSR count). The van der Waals surface area contributed by atoms with Crippen LogP contribution in [0.4, 0.5) is 0 Å². The van der Waals surface area contributed by atoms with Crippen molar-refractivity contribution in [2.24, 2.45) is 0 Å². The summed E-state index contributed by atoms with van der Waals surface area (Å²) >= 11 is 0. The van der Waals surface area contributed by atoms with Crippen molar-refractivity contribution in [3.05, 3.63) is 45.1 Å². The average molecular weight is 244 g/mol. The molecular formula is C11H20Zr. The topological polar surface area (TPSA) is 0 Å². The molecule has 0 aromatic rings. The smallest absolute Gasteiger partial charge is 0.358 e. The molecule has 0 saturated carbocycles. The first-order valence-corrected chi connectivity index (χ1v) is 2.96. The van der Waals surface area contributed by atoms with Gasteiger partial charge in [-0.3, -0.25) is 0 Å². The minimum Gasteiger partial charge on any atom is -0.358 e. The maximum absolute atomic E-state index is 3.26. The Morgan fingerprint density at radius 3 is 1.50 bits per heavy atom. The molecule has 1 heteroatoms. The summed E-state index contributed by atoms with van der Waals surface area (Å²) in [6, 6.07) is 0. The fourth-order valence-electron chi connectivity index (χ4n) is 1.00. The van der Waals surface area contributed by atoms with Crippen molar-refractivity contribution in [3.8, 4) is 0 Å². The van der Waals surface area contributed by atoms with Crippen LogP contribution in [-0.2, 0) is 26.2 Å². The van der Waals surface area contributed by atoms with Gasteiger partial charge in [0, 0.05) is 0 Å². The van der Waals surface area contributed by atoms with Crippen molar-refractivity contribution in [2.75, 3.05) is 0 Å². The summed E-state index contributed by atoms with van der Waals surface area (Å²) in [6.07, 6.45) is 4.41. The summed E-state index contributed by atoms with van der Waals surface area (Å²) in [5, 5.41) is 0. The summed E-state index contributed by atoms with van der Waals surface area (Å²) in [6.45, 7) is 6.41. The van der Waals surface area contributed by atoms with Crippen molar-refractivity contribution in [2.45, 2.75) is 27.2 Å². The van der Waals surface area contributed by atoms with Crippen molar-refractivity contribution < 1.29 is 26.2 Å². The Hall–Kier alpha value is 0.363. The van der Waals surface area contributed by atoms with Gasteiger partial charge in [-0.25, -0.2) is 17.2 Å². The van der Waals surface area contributed by atoms with E-state index in [1.54, 1.807) is 0 Å². The Labute approximate surface area is 98.3 Å². The van der Waals surface area contributed by atoms with Gasteiger partial charge in [-0.05, 0) is 0 Å². The second-order valence-corrected chi connectivity index (χ2v) is 2.49.